The van der Waals surface area contributed by atoms with Gasteiger partial charge in [-0.05, 0) is 68.6 Å². The predicted molar refractivity (Wildman–Crippen MR) is 101 cm³/mol. The first-order valence-corrected chi connectivity index (χ1v) is 10.8. The average Bonchev–Trinajstić information content (AvgIpc) is 3.28. The van der Waals surface area contributed by atoms with Crippen LogP contribution in [-0.2, 0) is 19.1 Å². The molecule has 1 aliphatic heterocycles. The number of carbonyl (C=O) groups is 2. The summed E-state index contributed by atoms with van der Waals surface area (Å²) in [4.78, 5) is 23.7. The van der Waals surface area contributed by atoms with Crippen molar-refractivity contribution < 1.29 is 19.1 Å². The summed E-state index contributed by atoms with van der Waals surface area (Å²) in [6.45, 7) is 8.07. The first kappa shape index (κ1) is 17.9. The quantitative estimate of drug-likeness (QED) is 0.414. The van der Waals surface area contributed by atoms with Gasteiger partial charge in [-0.1, -0.05) is 25.5 Å². The molecule has 0 aromatic rings. The van der Waals surface area contributed by atoms with Gasteiger partial charge in [0, 0.05) is 18.8 Å². The Morgan fingerprint density at radius 3 is 2.63 bits per heavy atom. The van der Waals surface area contributed by atoms with Gasteiger partial charge in [-0.2, -0.15) is 0 Å². The Hall–Kier alpha value is -1.16. The van der Waals surface area contributed by atoms with Crippen LogP contribution in [0.4, 0.5) is 0 Å². The highest BCUT2D eigenvalue weighted by Crippen LogP contribution is 2.72. The third-order valence-corrected chi connectivity index (χ3v) is 9.24. The van der Waals surface area contributed by atoms with Crippen molar-refractivity contribution in [2.24, 2.45) is 28.6 Å². The van der Waals surface area contributed by atoms with E-state index in [1.807, 2.05) is 0 Å². The fourth-order valence-corrected chi connectivity index (χ4v) is 7.76. The van der Waals surface area contributed by atoms with Gasteiger partial charge in [-0.15, -0.1) is 0 Å². The van der Waals surface area contributed by atoms with Crippen molar-refractivity contribution in [2.45, 2.75) is 90.4 Å². The lowest BCUT2D eigenvalue weighted by atomic mass is 9.48. The fourth-order valence-electron chi connectivity index (χ4n) is 7.76. The summed E-state index contributed by atoms with van der Waals surface area (Å²) < 4.78 is 11.6. The van der Waals surface area contributed by atoms with Crippen molar-refractivity contribution >= 4 is 11.8 Å². The van der Waals surface area contributed by atoms with Gasteiger partial charge in [0.25, 0.3) is 0 Å². The van der Waals surface area contributed by atoms with Crippen LogP contribution < -0.4 is 0 Å². The van der Waals surface area contributed by atoms with E-state index in [0.717, 1.165) is 32.1 Å². The smallest absolute Gasteiger partial charge is 0.302 e. The van der Waals surface area contributed by atoms with E-state index in [2.05, 4.69) is 19.9 Å². The average molecular weight is 373 g/mol. The Balaban J connectivity index is 1.42. The Morgan fingerprint density at radius 2 is 1.93 bits per heavy atom. The number of rotatable bonds is 2. The van der Waals surface area contributed by atoms with E-state index in [0.29, 0.717) is 17.8 Å². The van der Waals surface area contributed by atoms with Gasteiger partial charge in [-0.25, -0.2) is 0 Å². The molecule has 0 aromatic carbocycles. The second-order valence-electron chi connectivity index (χ2n) is 10.4. The molecule has 0 amide bonds. The molecule has 27 heavy (non-hydrogen) atoms. The fraction of sp³-hybridized carbons (Fsp3) is 0.826. The van der Waals surface area contributed by atoms with Crippen LogP contribution in [0, 0.1) is 28.6 Å². The summed E-state index contributed by atoms with van der Waals surface area (Å²) in [6.07, 6.45) is 10.1. The molecule has 0 aromatic heterocycles. The van der Waals surface area contributed by atoms with E-state index >= 15 is 0 Å². The van der Waals surface area contributed by atoms with E-state index < -0.39 is 5.60 Å². The maximum absolute atomic E-state index is 12.3. The summed E-state index contributed by atoms with van der Waals surface area (Å²) in [6, 6.07) is 0. The molecule has 4 aliphatic carbocycles. The number of Topliss-reactive ketones (excluding diaryl/α,β-unsaturated/α-hetero) is 1. The zero-order valence-corrected chi connectivity index (χ0v) is 17.0. The van der Waals surface area contributed by atoms with Gasteiger partial charge in [0.2, 0.25) is 0 Å². The highest BCUT2D eigenvalue weighted by molar-refractivity contribution is 5.89. The van der Waals surface area contributed by atoms with Crippen LogP contribution in [0.3, 0.4) is 0 Å². The third kappa shape index (κ3) is 2.25. The van der Waals surface area contributed by atoms with Crippen molar-refractivity contribution in [3.63, 3.8) is 0 Å². The molecule has 0 unspecified atom stereocenters. The van der Waals surface area contributed by atoms with Crippen molar-refractivity contribution in [3.05, 3.63) is 11.6 Å². The number of ether oxygens (including phenoxy) is 2. The van der Waals surface area contributed by atoms with E-state index in [1.54, 1.807) is 6.92 Å². The molecule has 4 fully saturated rings. The summed E-state index contributed by atoms with van der Waals surface area (Å²) in [5.41, 5.74) is 1.47. The van der Waals surface area contributed by atoms with E-state index in [9.17, 15) is 9.59 Å². The molecule has 0 N–H and O–H groups in total. The number of hydrogen-bond donors (Lipinski definition) is 0. The zero-order valence-electron chi connectivity index (χ0n) is 17.0. The molecule has 1 heterocycles. The van der Waals surface area contributed by atoms with E-state index in [-0.39, 0.29) is 34.8 Å². The van der Waals surface area contributed by atoms with Gasteiger partial charge < -0.3 is 9.47 Å². The normalized spacial score (nSPS) is 52.6. The van der Waals surface area contributed by atoms with Gasteiger partial charge in [0.15, 0.2) is 11.4 Å². The molecule has 8 atom stereocenters. The maximum Gasteiger partial charge on any atom is 0.302 e. The van der Waals surface area contributed by atoms with E-state index in [1.165, 1.54) is 25.3 Å². The minimum atomic E-state index is -0.452. The lowest BCUT2D eigenvalue weighted by molar-refractivity contribution is -0.148. The highest BCUT2D eigenvalue weighted by Gasteiger charge is 2.77. The second-order valence-corrected chi connectivity index (χ2v) is 10.4. The van der Waals surface area contributed by atoms with Crippen LogP contribution in [0.15, 0.2) is 11.6 Å². The number of epoxide rings is 1. The first-order valence-electron chi connectivity index (χ1n) is 10.8. The van der Waals surface area contributed by atoms with Crippen LogP contribution >= 0.6 is 0 Å². The number of allylic oxidation sites excluding steroid dienone is 1. The molecule has 1 saturated heterocycles. The maximum atomic E-state index is 12.3. The minimum Gasteiger partial charge on any atom is -0.462 e. The molecule has 3 saturated carbocycles. The van der Waals surface area contributed by atoms with E-state index in [4.69, 9.17) is 9.47 Å². The Morgan fingerprint density at radius 1 is 1.15 bits per heavy atom. The van der Waals surface area contributed by atoms with Crippen LogP contribution in [0.25, 0.3) is 0 Å². The molecule has 5 rings (SSSR count). The first-order chi connectivity index (χ1) is 12.7. The van der Waals surface area contributed by atoms with Crippen LogP contribution in [0.2, 0.25) is 0 Å². The lowest BCUT2D eigenvalue weighted by Crippen LogP contribution is -2.51. The Bertz CT molecular complexity index is 741. The van der Waals surface area contributed by atoms with Gasteiger partial charge in [0.05, 0.1) is 0 Å². The molecule has 5 aliphatic rings. The SMILES string of the molecule is CC(=O)O[C@@H]1CC[C@@]2(C)C(=CC[C@@H]3[C@H]2CC[C@@]2(C)[C@H]3C[C@@]3(C(C)=O)O[C@@H]23)C1. The number of carbonyl (C=O) groups excluding carboxylic acids is 2. The predicted octanol–water partition coefficient (Wildman–Crippen LogP) is 4.22. The molecule has 4 nitrogen and oxygen atoms in total. The van der Waals surface area contributed by atoms with Crippen LogP contribution in [0.1, 0.15) is 72.6 Å². The second kappa shape index (κ2) is 5.46. The number of hydrogen-bond acceptors (Lipinski definition) is 4. The Kier molecular flexibility index (Phi) is 3.62. The third-order valence-electron chi connectivity index (χ3n) is 9.24. The molecule has 4 heteroatoms. The van der Waals surface area contributed by atoms with Gasteiger partial charge in [0.1, 0.15) is 12.2 Å². The monoisotopic (exact) mass is 372 g/mol. The molecule has 0 bridgehead atoms. The highest BCUT2D eigenvalue weighted by atomic mass is 16.6. The summed E-state index contributed by atoms with van der Waals surface area (Å²) >= 11 is 0. The van der Waals surface area contributed by atoms with Crippen LogP contribution in [-0.4, -0.2) is 29.6 Å². The van der Waals surface area contributed by atoms with Crippen LogP contribution in [0.5, 0.6) is 0 Å². The summed E-state index contributed by atoms with van der Waals surface area (Å²) in [7, 11) is 0. The largest absolute Gasteiger partial charge is 0.462 e. The summed E-state index contributed by atoms with van der Waals surface area (Å²) in [5.74, 6) is 2.02. The number of esters is 1. The lowest BCUT2D eigenvalue weighted by Gasteiger charge is -2.57. The molecule has 0 spiro atoms. The standard InChI is InChI=1S/C23H32O4/c1-13(24)23-12-19-17-6-5-15-11-16(26-14(2)25)7-9-21(15,3)18(17)8-10-22(19,4)20(23)27-23/h5,16-20H,6-12H2,1-4H3/t16-,17-,18-,19+,20+,21+,22+,23+/m1/s1. The number of fused-ring (bicyclic) bond motifs is 7. The topological polar surface area (TPSA) is 55.9 Å². The molecule has 148 valence electrons. The molecular formula is C23H32O4. The Labute approximate surface area is 162 Å². The van der Waals surface area contributed by atoms with Crippen molar-refractivity contribution in [1.82, 2.24) is 0 Å². The van der Waals surface area contributed by atoms with Gasteiger partial charge in [-0.3, -0.25) is 9.59 Å². The number of ketones is 1. The van der Waals surface area contributed by atoms with Crippen molar-refractivity contribution in [1.29, 1.82) is 0 Å². The summed E-state index contributed by atoms with van der Waals surface area (Å²) in [5, 5.41) is 0. The zero-order chi connectivity index (χ0) is 19.2. The van der Waals surface area contributed by atoms with Crippen molar-refractivity contribution in [2.75, 3.05) is 0 Å². The van der Waals surface area contributed by atoms with Gasteiger partial charge >= 0.3 is 5.97 Å². The molecular weight excluding hydrogens is 340 g/mol. The molecule has 0 radical (unpaired) electrons. The van der Waals surface area contributed by atoms with Crippen molar-refractivity contribution in [3.8, 4) is 0 Å². The minimum absolute atomic E-state index is 0.0562.